The summed E-state index contributed by atoms with van der Waals surface area (Å²) in [5.41, 5.74) is 4.86. The third kappa shape index (κ3) is 2.09. The van der Waals surface area contributed by atoms with Crippen LogP contribution in [0.25, 0.3) is 38.8 Å². The van der Waals surface area contributed by atoms with Gasteiger partial charge >= 0.3 is 0 Å². The fourth-order valence-corrected chi connectivity index (χ4v) is 3.56. The van der Waals surface area contributed by atoms with Gasteiger partial charge in [0.25, 0.3) is 0 Å². The highest BCUT2D eigenvalue weighted by Gasteiger charge is 2.19. The van der Waals surface area contributed by atoms with Crippen LogP contribution in [0.3, 0.4) is 0 Å². The predicted octanol–water partition coefficient (Wildman–Crippen LogP) is 5.62. The van der Waals surface area contributed by atoms with Crippen molar-refractivity contribution in [1.82, 2.24) is 14.8 Å². The summed E-state index contributed by atoms with van der Waals surface area (Å²) in [7, 11) is 0. The highest BCUT2D eigenvalue weighted by atomic mass is 19.1. The van der Waals surface area contributed by atoms with Gasteiger partial charge in [0.15, 0.2) is 5.82 Å². The first-order valence-corrected chi connectivity index (χ1v) is 8.53. The van der Waals surface area contributed by atoms with Gasteiger partial charge in [-0.3, -0.25) is 4.68 Å². The van der Waals surface area contributed by atoms with Gasteiger partial charge in [-0.15, -0.1) is 0 Å². The molecule has 3 aromatic carbocycles. The van der Waals surface area contributed by atoms with E-state index >= 15 is 4.39 Å². The molecule has 5 rings (SSSR count). The van der Waals surface area contributed by atoms with Gasteiger partial charge in [-0.25, -0.2) is 9.37 Å². The maximum atomic E-state index is 15.4. The summed E-state index contributed by atoms with van der Waals surface area (Å²) < 4.78 is 17.3. The molecule has 0 aliphatic rings. The molecule has 0 fully saturated rings. The molecule has 0 atom stereocenters. The molecule has 26 heavy (non-hydrogen) atoms. The molecule has 2 heterocycles. The van der Waals surface area contributed by atoms with Gasteiger partial charge in [0.2, 0.25) is 0 Å². The largest absolute Gasteiger partial charge is 0.300 e. The number of fused-ring (bicyclic) bond motifs is 3. The third-order valence-corrected chi connectivity index (χ3v) is 4.85. The average Bonchev–Trinajstić information content (AvgIpc) is 3.24. The van der Waals surface area contributed by atoms with Crippen molar-refractivity contribution in [2.45, 2.75) is 6.92 Å². The summed E-state index contributed by atoms with van der Waals surface area (Å²) in [6.07, 6.45) is 1.84. The van der Waals surface area contributed by atoms with Crippen LogP contribution in [0, 0.1) is 12.7 Å². The molecule has 0 aliphatic carbocycles. The third-order valence-electron chi connectivity index (χ3n) is 4.85. The van der Waals surface area contributed by atoms with Gasteiger partial charge in [-0.1, -0.05) is 42.5 Å². The first kappa shape index (κ1) is 14.9. The minimum atomic E-state index is -0.265. The van der Waals surface area contributed by atoms with Crippen LogP contribution in [0.15, 0.2) is 72.9 Å². The quantitative estimate of drug-likeness (QED) is 0.444. The van der Waals surface area contributed by atoms with Crippen LogP contribution in [0.4, 0.5) is 4.39 Å². The summed E-state index contributed by atoms with van der Waals surface area (Å²) >= 11 is 0. The van der Waals surface area contributed by atoms with Crippen LogP contribution in [0.1, 0.15) is 5.56 Å². The molecule has 1 N–H and O–H groups in total. The van der Waals surface area contributed by atoms with E-state index in [1.807, 2.05) is 84.5 Å². The maximum Gasteiger partial charge on any atom is 0.159 e. The fourth-order valence-electron chi connectivity index (χ4n) is 3.56. The number of aromatic amines is 1. The van der Waals surface area contributed by atoms with Crippen molar-refractivity contribution in [3.05, 3.63) is 84.3 Å². The molecule has 0 radical (unpaired) electrons. The van der Waals surface area contributed by atoms with E-state index in [9.17, 15) is 0 Å². The number of para-hydroxylation sites is 1. The van der Waals surface area contributed by atoms with Crippen molar-refractivity contribution in [2.75, 3.05) is 0 Å². The Morgan fingerprint density at radius 1 is 0.923 bits per heavy atom. The Balaban J connectivity index is 1.80. The Kier molecular flexibility index (Phi) is 3.19. The second kappa shape index (κ2) is 5.56. The van der Waals surface area contributed by atoms with Gasteiger partial charge in [0.1, 0.15) is 5.69 Å². The maximum absolute atomic E-state index is 15.4. The second-order valence-corrected chi connectivity index (χ2v) is 6.43. The molecule has 0 bridgehead atoms. The van der Waals surface area contributed by atoms with Crippen molar-refractivity contribution in [3.63, 3.8) is 0 Å². The van der Waals surface area contributed by atoms with Crippen molar-refractivity contribution in [2.24, 2.45) is 0 Å². The van der Waals surface area contributed by atoms with E-state index in [1.165, 1.54) is 0 Å². The highest BCUT2D eigenvalue weighted by molar-refractivity contribution is 6.07. The van der Waals surface area contributed by atoms with E-state index in [-0.39, 0.29) is 5.82 Å². The summed E-state index contributed by atoms with van der Waals surface area (Å²) in [6.45, 7) is 1.98. The van der Waals surface area contributed by atoms with E-state index in [1.54, 1.807) is 0 Å². The van der Waals surface area contributed by atoms with Gasteiger partial charge in [0.05, 0.1) is 16.7 Å². The minimum absolute atomic E-state index is 0.265. The topological polar surface area (TPSA) is 33.6 Å². The van der Waals surface area contributed by atoms with Gasteiger partial charge < -0.3 is 5.10 Å². The molecule has 0 saturated heterocycles. The fraction of sp³-hybridized carbons (Fsp3) is 0.0455. The number of aromatic nitrogens is 3. The Bertz CT molecular complexity index is 1250. The van der Waals surface area contributed by atoms with Gasteiger partial charge in [-0.05, 0) is 36.8 Å². The summed E-state index contributed by atoms with van der Waals surface area (Å²) in [4.78, 5) is 4.58. The van der Waals surface area contributed by atoms with Crippen LogP contribution in [0.2, 0.25) is 0 Å². The Labute approximate surface area is 149 Å². The van der Waals surface area contributed by atoms with Crippen LogP contribution in [-0.2, 0) is 0 Å². The lowest BCUT2D eigenvalue weighted by molar-refractivity contribution is 0.643. The van der Waals surface area contributed by atoms with Crippen LogP contribution >= 0.6 is 0 Å². The van der Waals surface area contributed by atoms with E-state index in [0.717, 1.165) is 27.7 Å². The molecule has 3 nitrogen and oxygen atoms in total. The zero-order chi connectivity index (χ0) is 17.7. The molecule has 0 aliphatic heterocycles. The van der Waals surface area contributed by atoms with Crippen molar-refractivity contribution in [1.29, 1.82) is 0 Å². The summed E-state index contributed by atoms with van der Waals surface area (Å²) in [6, 6.07) is 21.6. The Hall–Kier alpha value is -3.40. The van der Waals surface area contributed by atoms with Crippen molar-refractivity contribution in [3.8, 4) is 16.9 Å². The number of benzene rings is 3. The van der Waals surface area contributed by atoms with Crippen molar-refractivity contribution < 1.29 is 4.39 Å². The summed E-state index contributed by atoms with van der Waals surface area (Å²) in [5.74, 6) is -0.265. The smallest absolute Gasteiger partial charge is 0.159 e. The number of nitrogens with one attached hydrogen (secondary N) is 1. The normalized spacial score (nSPS) is 11.5. The number of halogens is 1. The van der Waals surface area contributed by atoms with Crippen molar-refractivity contribution >= 4 is 21.8 Å². The lowest BCUT2D eigenvalue weighted by atomic mass is 10.1. The van der Waals surface area contributed by atoms with E-state index in [2.05, 4.69) is 10.1 Å². The SMILES string of the molecule is Cc1ccccc1-c1nc2ccc3c(c[nH]n3-c3ccccc3)c2c1F. The average molecular weight is 341 g/mol. The van der Waals surface area contributed by atoms with Gasteiger partial charge in [0, 0.05) is 22.5 Å². The molecule has 2 aromatic heterocycles. The molecule has 0 amide bonds. The van der Waals surface area contributed by atoms with Gasteiger partial charge in [-0.2, -0.15) is 0 Å². The lowest BCUT2D eigenvalue weighted by Gasteiger charge is -2.04. The number of nitrogens with zero attached hydrogens (tertiary/aromatic N) is 2. The number of H-pyrrole nitrogens is 1. The zero-order valence-electron chi connectivity index (χ0n) is 14.2. The highest BCUT2D eigenvalue weighted by Crippen LogP contribution is 2.35. The van der Waals surface area contributed by atoms with Crippen LogP contribution < -0.4 is 0 Å². The molecule has 0 unspecified atom stereocenters. The first-order valence-electron chi connectivity index (χ1n) is 8.53. The van der Waals surface area contributed by atoms with Crippen LogP contribution in [-0.4, -0.2) is 14.8 Å². The molecule has 0 saturated carbocycles. The van der Waals surface area contributed by atoms with E-state index in [0.29, 0.717) is 16.6 Å². The summed E-state index contributed by atoms with van der Waals surface area (Å²) in [5, 5.41) is 4.62. The number of hydrogen-bond donors (Lipinski definition) is 1. The zero-order valence-corrected chi connectivity index (χ0v) is 14.2. The number of aryl methyl sites for hydroxylation is 1. The molecule has 126 valence electrons. The molecular weight excluding hydrogens is 325 g/mol. The monoisotopic (exact) mass is 341 g/mol. The molecule has 0 spiro atoms. The molecule has 4 heteroatoms. The van der Waals surface area contributed by atoms with Crippen LogP contribution in [0.5, 0.6) is 0 Å². The minimum Gasteiger partial charge on any atom is -0.300 e. The molecule has 5 aromatic rings. The molecular formula is C22H16FN3. The number of hydrogen-bond acceptors (Lipinski definition) is 1. The first-order chi connectivity index (χ1) is 12.7. The Morgan fingerprint density at radius 3 is 2.50 bits per heavy atom. The van der Waals surface area contributed by atoms with E-state index in [4.69, 9.17) is 0 Å². The lowest BCUT2D eigenvalue weighted by Crippen LogP contribution is -1.94. The number of rotatable bonds is 2. The van der Waals surface area contributed by atoms with E-state index < -0.39 is 0 Å². The standard InChI is InChI=1S/C22H16FN3/c1-14-7-5-6-10-16(14)22-21(23)20-17-13-24-26(15-8-3-2-4-9-15)19(17)12-11-18(20)25-22/h2-13,24H,1H3. The second-order valence-electron chi connectivity index (χ2n) is 6.43. The predicted molar refractivity (Wildman–Crippen MR) is 103 cm³/mol. The Morgan fingerprint density at radius 2 is 1.69 bits per heavy atom.